The van der Waals surface area contributed by atoms with Crippen molar-refractivity contribution in [3.05, 3.63) is 22.2 Å². The first-order valence-electron chi connectivity index (χ1n) is 4.98. The average molecular weight is 284 g/mol. The predicted octanol–water partition coefficient (Wildman–Crippen LogP) is 3.31. The second-order valence-corrected chi connectivity index (χ2v) is 4.45. The first kappa shape index (κ1) is 12.9. The van der Waals surface area contributed by atoms with Crippen LogP contribution >= 0.6 is 15.9 Å². The van der Waals surface area contributed by atoms with E-state index in [1.54, 1.807) is 7.11 Å². The van der Waals surface area contributed by atoms with Gasteiger partial charge >= 0.3 is 0 Å². The molecule has 0 spiro atoms. The summed E-state index contributed by atoms with van der Waals surface area (Å²) in [6, 6.07) is 5.77. The van der Waals surface area contributed by atoms with Gasteiger partial charge in [0.15, 0.2) is 11.5 Å². The molecule has 0 heterocycles. The predicted molar refractivity (Wildman–Crippen MR) is 65.8 cm³/mol. The second-order valence-electron chi connectivity index (χ2n) is 3.60. The Kier molecular flexibility index (Phi) is 4.63. The molecule has 0 unspecified atom stereocenters. The minimum atomic E-state index is 0.0858. The van der Waals surface area contributed by atoms with Crippen molar-refractivity contribution in [2.24, 2.45) is 0 Å². The summed E-state index contributed by atoms with van der Waals surface area (Å²) in [5.74, 6) is 1.34. The number of benzene rings is 1. The molecule has 0 saturated heterocycles. The van der Waals surface area contributed by atoms with Crippen molar-refractivity contribution in [2.75, 3.05) is 7.11 Å². The van der Waals surface area contributed by atoms with E-state index in [0.717, 1.165) is 10.0 Å². The Balaban J connectivity index is 3.11. The first-order chi connectivity index (χ1) is 7.58. The van der Waals surface area contributed by atoms with E-state index < -0.39 is 0 Å². The van der Waals surface area contributed by atoms with E-state index in [0.29, 0.717) is 17.9 Å². The van der Waals surface area contributed by atoms with E-state index in [9.17, 15) is 0 Å². The number of methoxy groups -OCH3 is 1. The molecule has 1 aromatic carbocycles. The van der Waals surface area contributed by atoms with E-state index in [1.165, 1.54) is 0 Å². The van der Waals surface area contributed by atoms with Gasteiger partial charge < -0.3 is 9.47 Å². The largest absolute Gasteiger partial charge is 0.493 e. The van der Waals surface area contributed by atoms with Crippen molar-refractivity contribution in [1.82, 2.24) is 0 Å². The SMILES string of the molecule is COc1cc(CC#N)c(Br)cc1OC(C)C. The molecule has 0 aliphatic rings. The molecule has 0 aliphatic carbocycles. The maximum atomic E-state index is 8.68. The van der Waals surface area contributed by atoms with E-state index >= 15 is 0 Å². The highest BCUT2D eigenvalue weighted by Crippen LogP contribution is 2.34. The van der Waals surface area contributed by atoms with Gasteiger partial charge in [0.2, 0.25) is 0 Å². The van der Waals surface area contributed by atoms with Crippen LogP contribution in [0.2, 0.25) is 0 Å². The number of nitrogens with zero attached hydrogens (tertiary/aromatic N) is 1. The van der Waals surface area contributed by atoms with Crippen molar-refractivity contribution in [3.8, 4) is 17.6 Å². The van der Waals surface area contributed by atoms with Crippen LogP contribution in [0, 0.1) is 11.3 Å². The van der Waals surface area contributed by atoms with Crippen LogP contribution in [0.3, 0.4) is 0 Å². The normalized spacial score (nSPS) is 10.0. The Labute approximate surface area is 104 Å². The Hall–Kier alpha value is -1.21. The van der Waals surface area contributed by atoms with Crippen molar-refractivity contribution in [2.45, 2.75) is 26.4 Å². The molecule has 0 bridgehead atoms. The van der Waals surface area contributed by atoms with Crippen LogP contribution in [-0.4, -0.2) is 13.2 Å². The van der Waals surface area contributed by atoms with Gasteiger partial charge in [-0.25, -0.2) is 0 Å². The van der Waals surface area contributed by atoms with Crippen molar-refractivity contribution >= 4 is 15.9 Å². The van der Waals surface area contributed by atoms with Gasteiger partial charge in [-0.3, -0.25) is 0 Å². The summed E-state index contributed by atoms with van der Waals surface area (Å²) in [7, 11) is 1.59. The van der Waals surface area contributed by atoms with Gasteiger partial charge in [0.1, 0.15) is 0 Å². The molecule has 0 fully saturated rings. The molecule has 16 heavy (non-hydrogen) atoms. The molecule has 0 aromatic heterocycles. The average Bonchev–Trinajstić information content (AvgIpc) is 2.21. The highest BCUT2D eigenvalue weighted by atomic mass is 79.9. The zero-order valence-electron chi connectivity index (χ0n) is 9.58. The molecular weight excluding hydrogens is 270 g/mol. The molecule has 86 valence electrons. The molecule has 0 amide bonds. The lowest BCUT2D eigenvalue weighted by Gasteiger charge is -2.15. The molecule has 0 N–H and O–H groups in total. The van der Waals surface area contributed by atoms with Crippen LogP contribution in [-0.2, 0) is 6.42 Å². The molecule has 1 rings (SSSR count). The molecule has 0 atom stereocenters. The summed E-state index contributed by atoms with van der Waals surface area (Å²) in [5, 5.41) is 8.68. The number of ether oxygens (including phenoxy) is 2. The summed E-state index contributed by atoms with van der Waals surface area (Å²) >= 11 is 3.41. The minimum absolute atomic E-state index is 0.0858. The third-order valence-corrected chi connectivity index (χ3v) is 2.70. The Bertz CT molecular complexity index is 410. The lowest BCUT2D eigenvalue weighted by Crippen LogP contribution is -2.07. The van der Waals surface area contributed by atoms with Gasteiger partial charge in [0.25, 0.3) is 0 Å². The molecule has 3 nitrogen and oxygen atoms in total. The van der Waals surface area contributed by atoms with Gasteiger partial charge in [-0.15, -0.1) is 0 Å². The fourth-order valence-corrected chi connectivity index (χ4v) is 1.77. The van der Waals surface area contributed by atoms with Gasteiger partial charge in [-0.2, -0.15) is 5.26 Å². The fraction of sp³-hybridized carbons (Fsp3) is 0.417. The van der Waals surface area contributed by atoms with Gasteiger partial charge in [-0.1, -0.05) is 15.9 Å². The molecule has 1 aromatic rings. The van der Waals surface area contributed by atoms with Crippen LogP contribution in [0.5, 0.6) is 11.5 Å². The molecule has 0 saturated carbocycles. The Morgan fingerprint density at radius 1 is 1.38 bits per heavy atom. The number of nitriles is 1. The molecule has 0 radical (unpaired) electrons. The van der Waals surface area contributed by atoms with Crippen LogP contribution in [0.4, 0.5) is 0 Å². The third-order valence-electron chi connectivity index (χ3n) is 1.96. The molecule has 0 aliphatic heterocycles. The van der Waals surface area contributed by atoms with E-state index in [1.807, 2.05) is 26.0 Å². The number of halogens is 1. The number of hydrogen-bond acceptors (Lipinski definition) is 3. The maximum absolute atomic E-state index is 8.68. The Morgan fingerprint density at radius 3 is 2.56 bits per heavy atom. The zero-order valence-corrected chi connectivity index (χ0v) is 11.2. The number of hydrogen-bond donors (Lipinski definition) is 0. The van der Waals surface area contributed by atoms with Crippen LogP contribution < -0.4 is 9.47 Å². The maximum Gasteiger partial charge on any atom is 0.162 e. The van der Waals surface area contributed by atoms with E-state index in [4.69, 9.17) is 14.7 Å². The molecule has 4 heteroatoms. The summed E-state index contributed by atoms with van der Waals surface area (Å²) in [4.78, 5) is 0. The number of rotatable bonds is 4. The quantitative estimate of drug-likeness (QED) is 0.851. The minimum Gasteiger partial charge on any atom is -0.493 e. The van der Waals surface area contributed by atoms with Crippen molar-refractivity contribution < 1.29 is 9.47 Å². The monoisotopic (exact) mass is 283 g/mol. The topological polar surface area (TPSA) is 42.2 Å². The van der Waals surface area contributed by atoms with Gasteiger partial charge in [0.05, 0.1) is 25.7 Å². The lowest BCUT2D eigenvalue weighted by atomic mass is 10.1. The summed E-state index contributed by atoms with van der Waals surface area (Å²) in [6.45, 7) is 3.91. The summed E-state index contributed by atoms with van der Waals surface area (Å²) < 4.78 is 11.7. The van der Waals surface area contributed by atoms with Crippen molar-refractivity contribution in [3.63, 3.8) is 0 Å². The van der Waals surface area contributed by atoms with E-state index in [2.05, 4.69) is 22.0 Å². The second kappa shape index (κ2) is 5.76. The summed E-state index contributed by atoms with van der Waals surface area (Å²) in [5.41, 5.74) is 0.899. The zero-order chi connectivity index (χ0) is 12.1. The van der Waals surface area contributed by atoms with E-state index in [-0.39, 0.29) is 6.10 Å². The van der Waals surface area contributed by atoms with Crippen LogP contribution in [0.25, 0.3) is 0 Å². The first-order valence-corrected chi connectivity index (χ1v) is 5.77. The third kappa shape index (κ3) is 3.14. The van der Waals surface area contributed by atoms with Crippen molar-refractivity contribution in [1.29, 1.82) is 5.26 Å². The van der Waals surface area contributed by atoms with Gasteiger partial charge in [0, 0.05) is 4.47 Å². The van der Waals surface area contributed by atoms with Gasteiger partial charge in [-0.05, 0) is 31.5 Å². The van der Waals surface area contributed by atoms with Crippen LogP contribution in [0.1, 0.15) is 19.4 Å². The summed E-state index contributed by atoms with van der Waals surface area (Å²) in [6.07, 6.45) is 0.432. The Morgan fingerprint density at radius 2 is 2.06 bits per heavy atom. The standard InChI is InChI=1S/C12H14BrNO2/c1-8(2)16-12-7-10(13)9(4-5-14)6-11(12)15-3/h6-8H,4H2,1-3H3. The smallest absolute Gasteiger partial charge is 0.162 e. The highest BCUT2D eigenvalue weighted by molar-refractivity contribution is 9.10. The van der Waals surface area contributed by atoms with Crippen LogP contribution in [0.15, 0.2) is 16.6 Å². The fourth-order valence-electron chi connectivity index (χ4n) is 1.30. The lowest BCUT2D eigenvalue weighted by molar-refractivity contribution is 0.230. The highest BCUT2D eigenvalue weighted by Gasteiger charge is 2.11. The molecular formula is C12H14BrNO2.